The molecule has 0 N–H and O–H groups in total. The monoisotopic (exact) mass is 766 g/mol. The fraction of sp³-hybridized carbons (Fsp3) is 0.316. The Hall–Kier alpha value is -3.91. The maximum absolute atomic E-state index is 5.70. The van der Waals surface area contributed by atoms with Crippen LogP contribution < -0.4 is 0 Å². The first kappa shape index (κ1) is 36.5. The van der Waals surface area contributed by atoms with Crippen molar-refractivity contribution in [3.8, 4) is 22.9 Å². The van der Waals surface area contributed by atoms with Gasteiger partial charge in [0, 0.05) is 52.1 Å². The third-order valence-corrected chi connectivity index (χ3v) is 17.0. The topological polar surface area (TPSA) is 107 Å². The van der Waals surface area contributed by atoms with E-state index in [0.29, 0.717) is 70.6 Å². The molecule has 0 amide bonds. The summed E-state index contributed by atoms with van der Waals surface area (Å²) in [4.78, 5) is 21.2. The smallest absolute Gasteiger partial charge is 0.217 e. The Kier molecular flexibility index (Phi) is 10.9. The third-order valence-electron chi connectivity index (χ3n) is 8.85. The predicted octanol–water partition coefficient (Wildman–Crippen LogP) is 6.10. The van der Waals surface area contributed by atoms with Crippen LogP contribution in [0.1, 0.15) is 11.1 Å². The maximum atomic E-state index is 5.70. The van der Waals surface area contributed by atoms with E-state index in [4.69, 9.17) is 48.4 Å². The number of methoxy groups -OCH3 is 6. The van der Waals surface area contributed by atoms with Crippen molar-refractivity contribution in [2.75, 3.05) is 80.0 Å². The standard InChI is InChI=1S/C38H38N4O6S2Si2/c1-43-19-51(20-44-2,21-45-3)13-9-27-35-38(42-32-18-34-25(7-11-50-34)15-29(32)39-35)28(10-14-52(22-46-4,23-47-5)24-48-6)36-37(27)41-31-17-33-26(8-12-49-33)16-30(31)40-36/h7-8,11-12,15-18H,19-24H2,1-6H3. The summed E-state index contributed by atoms with van der Waals surface area (Å²) in [7, 11) is 4.91. The molecule has 0 unspecified atom stereocenters. The highest BCUT2D eigenvalue weighted by Crippen LogP contribution is 2.34. The van der Waals surface area contributed by atoms with Gasteiger partial charge in [-0.15, -0.1) is 33.8 Å². The Morgan fingerprint density at radius 3 is 1.10 bits per heavy atom. The SMILES string of the molecule is COC[Si](C#Cc1c2nc3cc4ccsc4cc3nc2c(C#C[Si](COC)(COC)COC)c2nc3cc4ccsc4cc3nc12)(COC)COC. The van der Waals surface area contributed by atoms with Gasteiger partial charge >= 0.3 is 0 Å². The van der Waals surface area contributed by atoms with Gasteiger partial charge in [0.1, 0.15) is 22.1 Å². The summed E-state index contributed by atoms with van der Waals surface area (Å²) >= 11 is 3.34. The zero-order valence-electron chi connectivity index (χ0n) is 29.9. The zero-order chi connectivity index (χ0) is 36.3. The van der Waals surface area contributed by atoms with Crippen molar-refractivity contribution in [2.45, 2.75) is 0 Å². The first-order chi connectivity index (χ1) is 25.4. The summed E-state index contributed by atoms with van der Waals surface area (Å²) in [6.45, 7) is 0. The highest BCUT2D eigenvalue weighted by atomic mass is 32.1. The molecular formula is C38H38N4O6S2Si2. The van der Waals surface area contributed by atoms with Crippen molar-refractivity contribution in [1.82, 2.24) is 19.9 Å². The highest BCUT2D eigenvalue weighted by Gasteiger charge is 2.34. The second kappa shape index (κ2) is 15.6. The minimum absolute atomic E-state index is 0.433. The molecule has 0 aliphatic carbocycles. The van der Waals surface area contributed by atoms with E-state index in [1.54, 1.807) is 65.3 Å². The lowest BCUT2D eigenvalue weighted by Gasteiger charge is -2.23. The normalized spacial score (nSPS) is 12.3. The number of aromatic nitrogens is 4. The largest absolute Gasteiger partial charge is 0.387 e. The van der Waals surface area contributed by atoms with Crippen molar-refractivity contribution in [3.63, 3.8) is 0 Å². The molecule has 4 heterocycles. The van der Waals surface area contributed by atoms with E-state index in [2.05, 4.69) is 70.1 Å². The van der Waals surface area contributed by atoms with Gasteiger partial charge in [0.25, 0.3) is 0 Å². The quantitative estimate of drug-likeness (QED) is 0.0823. The van der Waals surface area contributed by atoms with Crippen LogP contribution in [0.2, 0.25) is 0 Å². The third kappa shape index (κ3) is 6.95. The summed E-state index contributed by atoms with van der Waals surface area (Å²) in [5.41, 5.74) is 13.9. The summed E-state index contributed by atoms with van der Waals surface area (Å²) in [6.07, 6.45) is 2.60. The van der Waals surface area contributed by atoms with Gasteiger partial charge in [0.2, 0.25) is 16.1 Å². The molecule has 4 aromatic heterocycles. The number of thiophene rings is 2. The number of benzene rings is 3. The van der Waals surface area contributed by atoms with Crippen LogP contribution in [0.3, 0.4) is 0 Å². The van der Waals surface area contributed by atoms with Crippen molar-refractivity contribution >= 4 is 103 Å². The average Bonchev–Trinajstić information content (AvgIpc) is 3.79. The Balaban J connectivity index is 1.65. The van der Waals surface area contributed by atoms with Crippen LogP contribution in [0.4, 0.5) is 0 Å². The number of hydrogen-bond acceptors (Lipinski definition) is 12. The molecule has 0 saturated carbocycles. The van der Waals surface area contributed by atoms with Gasteiger partial charge in [-0.3, -0.25) is 0 Å². The number of rotatable bonds is 12. The summed E-state index contributed by atoms with van der Waals surface area (Å²) < 4.78 is 36.5. The first-order valence-electron chi connectivity index (χ1n) is 16.5. The highest BCUT2D eigenvalue weighted by molar-refractivity contribution is 7.17. The van der Waals surface area contributed by atoms with E-state index in [1.165, 1.54) is 0 Å². The molecule has 52 heavy (non-hydrogen) atoms. The van der Waals surface area contributed by atoms with E-state index in [0.717, 1.165) is 42.2 Å². The maximum Gasteiger partial charge on any atom is 0.217 e. The van der Waals surface area contributed by atoms with Gasteiger partial charge in [-0.25, -0.2) is 19.9 Å². The molecule has 0 aliphatic rings. The van der Waals surface area contributed by atoms with Gasteiger partial charge in [-0.1, -0.05) is 11.8 Å². The zero-order valence-corrected chi connectivity index (χ0v) is 33.5. The molecule has 0 bridgehead atoms. The number of fused-ring (bicyclic) bond motifs is 6. The first-order valence-corrected chi connectivity index (χ1v) is 23.5. The van der Waals surface area contributed by atoms with Crippen molar-refractivity contribution in [2.24, 2.45) is 0 Å². The van der Waals surface area contributed by atoms with Gasteiger partial charge in [0.05, 0.1) is 70.6 Å². The molecule has 10 nitrogen and oxygen atoms in total. The molecule has 14 heteroatoms. The van der Waals surface area contributed by atoms with Crippen molar-refractivity contribution < 1.29 is 28.4 Å². The molecule has 0 fully saturated rings. The second-order valence-corrected chi connectivity index (χ2v) is 22.1. The van der Waals surface area contributed by atoms with Crippen molar-refractivity contribution in [3.05, 3.63) is 58.3 Å². The van der Waals surface area contributed by atoms with E-state index >= 15 is 0 Å². The van der Waals surface area contributed by atoms with Gasteiger partial charge in [-0.2, -0.15) is 0 Å². The van der Waals surface area contributed by atoms with E-state index in [1.807, 2.05) is 0 Å². The molecule has 0 spiro atoms. The fourth-order valence-corrected chi connectivity index (χ4v) is 13.3. The van der Waals surface area contributed by atoms with Crippen LogP contribution in [0.5, 0.6) is 0 Å². The molecule has 266 valence electrons. The molecular weight excluding hydrogens is 729 g/mol. The number of ether oxygens (including phenoxy) is 6. The Bertz CT molecular complexity index is 2240. The summed E-state index contributed by atoms with van der Waals surface area (Å²) in [6, 6.07) is 12.5. The van der Waals surface area contributed by atoms with Gasteiger partial charge < -0.3 is 28.4 Å². The molecule has 7 rings (SSSR count). The molecule has 3 aromatic carbocycles. The van der Waals surface area contributed by atoms with Crippen LogP contribution in [-0.4, -0.2) is 116 Å². The predicted molar refractivity (Wildman–Crippen MR) is 215 cm³/mol. The molecule has 7 aromatic rings. The van der Waals surface area contributed by atoms with Crippen LogP contribution in [0.15, 0.2) is 47.2 Å². The molecule has 0 aliphatic heterocycles. The fourth-order valence-electron chi connectivity index (χ4n) is 6.70. The minimum atomic E-state index is -2.58. The van der Waals surface area contributed by atoms with E-state index in [9.17, 15) is 0 Å². The van der Waals surface area contributed by atoms with Crippen LogP contribution in [-0.2, 0) is 28.4 Å². The van der Waals surface area contributed by atoms with Crippen LogP contribution >= 0.6 is 22.7 Å². The van der Waals surface area contributed by atoms with Crippen molar-refractivity contribution in [1.29, 1.82) is 0 Å². The number of nitrogens with zero attached hydrogens (tertiary/aromatic N) is 4. The average molecular weight is 767 g/mol. The molecule has 0 radical (unpaired) electrons. The van der Waals surface area contributed by atoms with E-state index < -0.39 is 16.1 Å². The van der Waals surface area contributed by atoms with Gasteiger partial charge in [0.15, 0.2) is 0 Å². The molecule has 0 atom stereocenters. The lowest BCUT2D eigenvalue weighted by molar-refractivity contribution is 0.193. The lowest BCUT2D eigenvalue weighted by atomic mass is 10.0. The Morgan fingerprint density at radius 1 is 0.481 bits per heavy atom. The molecule has 0 saturated heterocycles. The number of hydrogen-bond donors (Lipinski definition) is 0. The minimum Gasteiger partial charge on any atom is -0.387 e. The second-order valence-electron chi connectivity index (χ2n) is 12.8. The van der Waals surface area contributed by atoms with Crippen LogP contribution in [0.25, 0.3) is 64.3 Å². The Labute approximate surface area is 311 Å². The summed E-state index contributed by atoms with van der Waals surface area (Å²) in [5.74, 6) is 7.10. The van der Waals surface area contributed by atoms with Crippen LogP contribution in [0, 0.1) is 22.9 Å². The van der Waals surface area contributed by atoms with E-state index in [-0.39, 0.29) is 0 Å². The summed E-state index contributed by atoms with van der Waals surface area (Å²) in [5, 5.41) is 6.36. The Morgan fingerprint density at radius 2 is 0.788 bits per heavy atom. The lowest BCUT2D eigenvalue weighted by Crippen LogP contribution is -2.49. The van der Waals surface area contributed by atoms with Gasteiger partial charge in [-0.05, 0) is 57.9 Å².